The van der Waals surface area contributed by atoms with E-state index >= 15 is 0 Å². The first-order valence-electron chi connectivity index (χ1n) is 6.99. The van der Waals surface area contributed by atoms with Crippen LogP contribution in [0.2, 0.25) is 0 Å². The van der Waals surface area contributed by atoms with E-state index in [0.717, 1.165) is 25.8 Å². The van der Waals surface area contributed by atoms with E-state index in [4.69, 9.17) is 10.9 Å². The number of oxime groups is 1. The zero-order valence-electron chi connectivity index (χ0n) is 11.7. The summed E-state index contributed by atoms with van der Waals surface area (Å²) < 4.78 is 0. The number of carbonyl (C=O) groups excluding carboxylic acids is 1. The van der Waals surface area contributed by atoms with E-state index in [1.165, 1.54) is 0 Å². The van der Waals surface area contributed by atoms with Gasteiger partial charge in [-0.25, -0.2) is 0 Å². The summed E-state index contributed by atoms with van der Waals surface area (Å²) in [5, 5.41) is 15.0. The fourth-order valence-electron chi connectivity index (χ4n) is 2.97. The SMILES string of the molecule is CC1CC(NC(=O)C2(C(N)=NO)CCC2)CCN1C. The van der Waals surface area contributed by atoms with Crippen molar-refractivity contribution < 1.29 is 10.0 Å². The van der Waals surface area contributed by atoms with Gasteiger partial charge in [0, 0.05) is 18.6 Å². The molecule has 0 bridgehead atoms. The molecule has 1 saturated carbocycles. The maximum atomic E-state index is 12.4. The number of nitrogens with zero attached hydrogens (tertiary/aromatic N) is 2. The average Bonchev–Trinajstić information content (AvgIpc) is 2.32. The maximum absolute atomic E-state index is 12.4. The molecule has 0 aromatic rings. The average molecular weight is 268 g/mol. The van der Waals surface area contributed by atoms with Crippen molar-refractivity contribution in [3.8, 4) is 0 Å². The summed E-state index contributed by atoms with van der Waals surface area (Å²) in [6, 6.07) is 0.669. The van der Waals surface area contributed by atoms with E-state index in [1.54, 1.807) is 0 Å². The maximum Gasteiger partial charge on any atom is 0.234 e. The third-order valence-electron chi connectivity index (χ3n) is 4.78. The van der Waals surface area contributed by atoms with Gasteiger partial charge in [0.1, 0.15) is 5.41 Å². The van der Waals surface area contributed by atoms with Crippen molar-refractivity contribution in [2.24, 2.45) is 16.3 Å². The van der Waals surface area contributed by atoms with Gasteiger partial charge in [0.15, 0.2) is 5.84 Å². The summed E-state index contributed by atoms with van der Waals surface area (Å²) in [5.41, 5.74) is 4.94. The predicted octanol–water partition coefficient (Wildman–Crippen LogP) is 0.502. The van der Waals surface area contributed by atoms with Crippen LogP contribution in [-0.2, 0) is 4.79 Å². The van der Waals surface area contributed by atoms with E-state index in [1.807, 2.05) is 0 Å². The topological polar surface area (TPSA) is 91.0 Å². The third kappa shape index (κ3) is 2.54. The van der Waals surface area contributed by atoms with E-state index in [9.17, 15) is 4.79 Å². The molecule has 1 aliphatic carbocycles. The number of rotatable bonds is 3. The molecule has 6 heteroatoms. The molecule has 2 unspecified atom stereocenters. The van der Waals surface area contributed by atoms with Crippen LogP contribution in [0.15, 0.2) is 5.16 Å². The summed E-state index contributed by atoms with van der Waals surface area (Å²) in [6.07, 6.45) is 4.22. The number of nitrogens with two attached hydrogens (primary N) is 1. The Morgan fingerprint density at radius 1 is 1.53 bits per heavy atom. The number of amides is 1. The van der Waals surface area contributed by atoms with Gasteiger partial charge in [-0.1, -0.05) is 11.6 Å². The Morgan fingerprint density at radius 2 is 2.21 bits per heavy atom. The minimum Gasteiger partial charge on any atom is -0.409 e. The van der Waals surface area contributed by atoms with Crippen molar-refractivity contribution in [3.63, 3.8) is 0 Å². The Bertz CT molecular complexity index is 379. The van der Waals surface area contributed by atoms with Crippen molar-refractivity contribution >= 4 is 11.7 Å². The second-order valence-corrected chi connectivity index (χ2v) is 5.95. The molecule has 4 N–H and O–H groups in total. The highest BCUT2D eigenvalue weighted by atomic mass is 16.4. The lowest BCUT2D eigenvalue weighted by molar-refractivity contribution is -0.132. The standard InChI is InChI=1S/C13H24N4O2/c1-9-8-10(4-7-17(9)2)15-12(18)13(5-3-6-13)11(14)16-19/h9-10,19H,3-8H2,1-2H3,(H2,14,16)(H,15,18). The molecular formula is C13H24N4O2. The van der Waals surface area contributed by atoms with E-state index in [2.05, 4.69) is 29.3 Å². The van der Waals surface area contributed by atoms with E-state index in [0.29, 0.717) is 18.9 Å². The van der Waals surface area contributed by atoms with Gasteiger partial charge in [0.2, 0.25) is 5.91 Å². The summed E-state index contributed by atoms with van der Waals surface area (Å²) >= 11 is 0. The monoisotopic (exact) mass is 268 g/mol. The summed E-state index contributed by atoms with van der Waals surface area (Å²) in [6.45, 7) is 3.16. The number of nitrogens with one attached hydrogen (secondary N) is 1. The first-order valence-corrected chi connectivity index (χ1v) is 6.99. The largest absolute Gasteiger partial charge is 0.409 e. The van der Waals surface area contributed by atoms with Crippen LogP contribution in [0.25, 0.3) is 0 Å². The molecule has 2 fully saturated rings. The van der Waals surface area contributed by atoms with Crippen LogP contribution in [0, 0.1) is 5.41 Å². The summed E-state index contributed by atoms with van der Waals surface area (Å²) in [5.74, 6) is -0.0203. The number of hydrogen-bond acceptors (Lipinski definition) is 4. The molecular weight excluding hydrogens is 244 g/mol. The Labute approximate surface area is 114 Å². The quantitative estimate of drug-likeness (QED) is 0.301. The van der Waals surface area contributed by atoms with Gasteiger partial charge in [-0.05, 0) is 39.7 Å². The van der Waals surface area contributed by atoms with Gasteiger partial charge >= 0.3 is 0 Å². The van der Waals surface area contributed by atoms with Crippen molar-refractivity contribution in [2.75, 3.05) is 13.6 Å². The fraction of sp³-hybridized carbons (Fsp3) is 0.846. The molecule has 2 atom stereocenters. The molecule has 6 nitrogen and oxygen atoms in total. The molecule has 1 saturated heterocycles. The number of likely N-dealkylation sites (tertiary alicyclic amines) is 1. The van der Waals surface area contributed by atoms with Crippen molar-refractivity contribution in [1.29, 1.82) is 0 Å². The minimum atomic E-state index is -0.763. The number of carbonyl (C=O) groups is 1. The van der Waals surface area contributed by atoms with E-state index in [-0.39, 0.29) is 17.8 Å². The number of hydrogen-bond donors (Lipinski definition) is 3. The first kappa shape index (κ1) is 14.1. The molecule has 108 valence electrons. The molecule has 1 amide bonds. The smallest absolute Gasteiger partial charge is 0.234 e. The van der Waals surface area contributed by atoms with Crippen LogP contribution in [0.1, 0.15) is 39.0 Å². The number of piperidine rings is 1. The van der Waals surface area contributed by atoms with Crippen molar-refractivity contribution in [1.82, 2.24) is 10.2 Å². The van der Waals surface area contributed by atoms with Crippen LogP contribution in [0.3, 0.4) is 0 Å². The first-order chi connectivity index (χ1) is 8.99. The lowest BCUT2D eigenvalue weighted by atomic mass is 9.67. The molecule has 2 rings (SSSR count). The zero-order valence-corrected chi connectivity index (χ0v) is 11.7. The lowest BCUT2D eigenvalue weighted by Crippen LogP contribution is -2.57. The molecule has 1 aliphatic heterocycles. The molecule has 0 spiro atoms. The van der Waals surface area contributed by atoms with Crippen molar-refractivity contribution in [2.45, 2.75) is 51.1 Å². The molecule has 19 heavy (non-hydrogen) atoms. The second-order valence-electron chi connectivity index (χ2n) is 5.95. The Hall–Kier alpha value is -1.30. The minimum absolute atomic E-state index is 0.0530. The van der Waals surface area contributed by atoms with Crippen LogP contribution in [-0.4, -0.2) is 47.5 Å². The summed E-state index contributed by atoms with van der Waals surface area (Å²) in [7, 11) is 2.10. The molecule has 0 aromatic carbocycles. The molecule has 0 aromatic heterocycles. The van der Waals surface area contributed by atoms with E-state index < -0.39 is 5.41 Å². The van der Waals surface area contributed by atoms with Gasteiger partial charge in [-0.2, -0.15) is 0 Å². The highest BCUT2D eigenvalue weighted by Gasteiger charge is 2.49. The van der Waals surface area contributed by atoms with Crippen LogP contribution < -0.4 is 11.1 Å². The van der Waals surface area contributed by atoms with Gasteiger partial charge in [-0.3, -0.25) is 4.79 Å². The Balaban J connectivity index is 1.97. The highest BCUT2D eigenvalue weighted by molar-refractivity contribution is 6.07. The second kappa shape index (κ2) is 5.36. The fourth-order valence-corrected chi connectivity index (χ4v) is 2.97. The summed E-state index contributed by atoms with van der Waals surface area (Å²) in [4.78, 5) is 14.7. The molecule has 1 heterocycles. The van der Waals surface area contributed by atoms with Gasteiger partial charge in [-0.15, -0.1) is 0 Å². The zero-order chi connectivity index (χ0) is 14.0. The van der Waals surface area contributed by atoms with Gasteiger partial charge in [0.25, 0.3) is 0 Å². The number of amidine groups is 1. The predicted molar refractivity (Wildman–Crippen MR) is 72.9 cm³/mol. The van der Waals surface area contributed by atoms with Gasteiger partial charge in [0.05, 0.1) is 0 Å². The van der Waals surface area contributed by atoms with Crippen molar-refractivity contribution in [3.05, 3.63) is 0 Å². The lowest BCUT2D eigenvalue weighted by Gasteiger charge is -2.41. The molecule has 2 aliphatic rings. The van der Waals surface area contributed by atoms with Crippen LogP contribution >= 0.6 is 0 Å². The normalized spacial score (nSPS) is 31.6. The molecule has 0 radical (unpaired) electrons. The van der Waals surface area contributed by atoms with Crippen LogP contribution in [0.5, 0.6) is 0 Å². The van der Waals surface area contributed by atoms with Crippen LogP contribution in [0.4, 0.5) is 0 Å². The Kier molecular flexibility index (Phi) is 3.99. The third-order valence-corrected chi connectivity index (χ3v) is 4.78. The highest BCUT2D eigenvalue weighted by Crippen LogP contribution is 2.41. The Morgan fingerprint density at radius 3 is 2.68 bits per heavy atom. The van der Waals surface area contributed by atoms with Gasteiger partial charge < -0.3 is 21.2 Å².